The van der Waals surface area contributed by atoms with Crippen LogP contribution in [0.1, 0.15) is 20.7 Å². The largest absolute Gasteiger partial charge is 0.478 e. The lowest BCUT2D eigenvalue weighted by atomic mass is 10.1. The molecule has 2 rings (SSSR count). The van der Waals surface area contributed by atoms with Crippen LogP contribution in [0.15, 0.2) is 47.1 Å². The van der Waals surface area contributed by atoms with Crippen LogP contribution in [0.3, 0.4) is 0 Å². The summed E-state index contributed by atoms with van der Waals surface area (Å²) in [7, 11) is 0. The van der Waals surface area contributed by atoms with Gasteiger partial charge in [0.2, 0.25) is 0 Å². The van der Waals surface area contributed by atoms with Gasteiger partial charge in [0.05, 0.1) is 10.0 Å². The second kappa shape index (κ2) is 5.62. The number of nitrogens with one attached hydrogen (secondary N) is 1. The van der Waals surface area contributed by atoms with Crippen molar-refractivity contribution >= 4 is 33.6 Å². The van der Waals surface area contributed by atoms with E-state index in [9.17, 15) is 9.59 Å². The number of benzene rings is 1. The maximum Gasteiger partial charge on any atom is 0.335 e. The number of pyridine rings is 1. The van der Waals surface area contributed by atoms with Gasteiger partial charge in [-0.3, -0.25) is 4.79 Å². The number of hydrogen-bond acceptors (Lipinski definition) is 3. The molecule has 2 N–H and O–H groups in total. The highest BCUT2D eigenvalue weighted by atomic mass is 79.9. The van der Waals surface area contributed by atoms with Crippen LogP contribution in [-0.4, -0.2) is 22.0 Å². The standard InChI is InChI=1S/C13H9BrN2O3/c14-10-2-1-7-15-11(10)16-12(17)8-3-5-9(6-4-8)13(18)19/h1-7H,(H,18,19)(H,15,16,17). The fourth-order valence-corrected chi connectivity index (χ4v) is 1.78. The number of aromatic carboxylic acids is 1. The molecule has 0 aliphatic rings. The Morgan fingerprint density at radius 2 is 1.74 bits per heavy atom. The molecule has 0 radical (unpaired) electrons. The van der Waals surface area contributed by atoms with Gasteiger partial charge in [-0.1, -0.05) is 0 Å². The Kier molecular flexibility index (Phi) is 3.91. The Morgan fingerprint density at radius 1 is 1.11 bits per heavy atom. The number of anilines is 1. The van der Waals surface area contributed by atoms with Gasteiger partial charge < -0.3 is 10.4 Å². The quantitative estimate of drug-likeness (QED) is 0.911. The van der Waals surface area contributed by atoms with Crippen LogP contribution < -0.4 is 5.32 Å². The molecule has 0 saturated heterocycles. The number of hydrogen-bond donors (Lipinski definition) is 2. The summed E-state index contributed by atoms with van der Waals surface area (Å²) in [4.78, 5) is 26.6. The van der Waals surface area contributed by atoms with Gasteiger partial charge in [0.15, 0.2) is 0 Å². The predicted molar refractivity (Wildman–Crippen MR) is 73.3 cm³/mol. The summed E-state index contributed by atoms with van der Waals surface area (Å²) in [5, 5.41) is 11.4. The van der Waals surface area contributed by atoms with Gasteiger partial charge in [-0.25, -0.2) is 9.78 Å². The molecule has 0 aliphatic heterocycles. The zero-order valence-corrected chi connectivity index (χ0v) is 11.2. The van der Waals surface area contributed by atoms with Crippen LogP contribution in [0.4, 0.5) is 5.82 Å². The van der Waals surface area contributed by atoms with Crippen molar-refractivity contribution in [2.75, 3.05) is 5.32 Å². The van der Waals surface area contributed by atoms with Gasteiger partial charge in [0.25, 0.3) is 5.91 Å². The number of carboxylic acid groups (broad SMARTS) is 1. The molecule has 5 nitrogen and oxygen atoms in total. The number of halogens is 1. The monoisotopic (exact) mass is 320 g/mol. The number of carbonyl (C=O) groups is 2. The molecule has 0 atom stereocenters. The molecule has 0 fully saturated rings. The maximum absolute atomic E-state index is 11.9. The number of amides is 1. The lowest BCUT2D eigenvalue weighted by Gasteiger charge is -2.06. The molecule has 1 amide bonds. The number of carbonyl (C=O) groups excluding carboxylic acids is 1. The van der Waals surface area contributed by atoms with E-state index in [2.05, 4.69) is 26.2 Å². The lowest BCUT2D eigenvalue weighted by Crippen LogP contribution is -2.13. The van der Waals surface area contributed by atoms with Gasteiger partial charge in [-0.2, -0.15) is 0 Å². The fourth-order valence-electron chi connectivity index (χ4n) is 1.42. The normalized spacial score (nSPS) is 9.95. The van der Waals surface area contributed by atoms with Crippen molar-refractivity contribution in [2.24, 2.45) is 0 Å². The first-order valence-corrected chi connectivity index (χ1v) is 6.12. The van der Waals surface area contributed by atoms with E-state index in [4.69, 9.17) is 5.11 Å². The number of aromatic nitrogens is 1. The van der Waals surface area contributed by atoms with E-state index in [1.165, 1.54) is 24.3 Å². The Morgan fingerprint density at radius 3 is 2.32 bits per heavy atom. The molecular formula is C13H9BrN2O3. The van der Waals surface area contributed by atoms with E-state index in [1.807, 2.05) is 0 Å². The van der Waals surface area contributed by atoms with Crippen molar-refractivity contribution in [2.45, 2.75) is 0 Å². The SMILES string of the molecule is O=C(O)c1ccc(C(=O)Nc2ncccc2Br)cc1. The van der Waals surface area contributed by atoms with Crippen LogP contribution in [0.25, 0.3) is 0 Å². The van der Waals surface area contributed by atoms with E-state index in [0.29, 0.717) is 15.9 Å². The molecule has 96 valence electrons. The van der Waals surface area contributed by atoms with Crippen molar-refractivity contribution in [1.29, 1.82) is 0 Å². The first-order valence-electron chi connectivity index (χ1n) is 5.33. The summed E-state index contributed by atoms with van der Waals surface area (Å²) >= 11 is 3.27. The molecule has 2 aromatic rings. The maximum atomic E-state index is 11.9. The number of carboxylic acids is 1. The predicted octanol–water partition coefficient (Wildman–Crippen LogP) is 2.79. The first-order chi connectivity index (χ1) is 9.08. The molecule has 1 aromatic carbocycles. The van der Waals surface area contributed by atoms with Gasteiger partial charge in [-0.15, -0.1) is 0 Å². The molecular weight excluding hydrogens is 312 g/mol. The molecule has 0 bridgehead atoms. The van der Waals surface area contributed by atoms with Crippen molar-refractivity contribution in [1.82, 2.24) is 4.98 Å². The van der Waals surface area contributed by atoms with Gasteiger partial charge in [-0.05, 0) is 52.3 Å². The zero-order valence-electron chi connectivity index (χ0n) is 9.63. The smallest absolute Gasteiger partial charge is 0.335 e. The van der Waals surface area contributed by atoms with E-state index in [0.717, 1.165) is 0 Å². The fraction of sp³-hybridized carbons (Fsp3) is 0. The average molecular weight is 321 g/mol. The Balaban J connectivity index is 2.16. The van der Waals surface area contributed by atoms with Gasteiger partial charge in [0, 0.05) is 11.8 Å². The third-order valence-electron chi connectivity index (χ3n) is 2.38. The second-order valence-corrected chi connectivity index (χ2v) is 4.52. The summed E-state index contributed by atoms with van der Waals surface area (Å²) in [5.74, 6) is -0.967. The Labute approximate surface area is 117 Å². The third kappa shape index (κ3) is 3.17. The topological polar surface area (TPSA) is 79.3 Å². The lowest BCUT2D eigenvalue weighted by molar-refractivity contribution is 0.0696. The van der Waals surface area contributed by atoms with E-state index < -0.39 is 5.97 Å². The summed E-state index contributed by atoms with van der Waals surface area (Å²) < 4.78 is 0.672. The molecule has 0 saturated carbocycles. The van der Waals surface area contributed by atoms with Crippen LogP contribution >= 0.6 is 15.9 Å². The van der Waals surface area contributed by atoms with Crippen LogP contribution in [-0.2, 0) is 0 Å². The zero-order chi connectivity index (χ0) is 13.8. The first kappa shape index (κ1) is 13.2. The molecule has 0 aliphatic carbocycles. The van der Waals surface area contributed by atoms with Crippen molar-refractivity contribution in [3.8, 4) is 0 Å². The number of nitrogens with zero attached hydrogens (tertiary/aromatic N) is 1. The summed E-state index contributed by atoms with van der Waals surface area (Å²) in [6.07, 6.45) is 1.56. The minimum atomic E-state index is -1.03. The minimum Gasteiger partial charge on any atom is -0.478 e. The van der Waals surface area contributed by atoms with Crippen LogP contribution in [0, 0.1) is 0 Å². The van der Waals surface area contributed by atoms with E-state index in [-0.39, 0.29) is 11.5 Å². The van der Waals surface area contributed by atoms with Crippen LogP contribution in [0.5, 0.6) is 0 Å². The van der Waals surface area contributed by atoms with Crippen molar-refractivity contribution in [3.63, 3.8) is 0 Å². The highest BCUT2D eigenvalue weighted by Gasteiger charge is 2.10. The summed E-state index contributed by atoms with van der Waals surface area (Å²) in [6, 6.07) is 9.16. The third-order valence-corrected chi connectivity index (χ3v) is 3.02. The molecule has 0 unspecified atom stereocenters. The summed E-state index contributed by atoms with van der Waals surface area (Å²) in [5.41, 5.74) is 0.498. The van der Waals surface area contributed by atoms with Gasteiger partial charge in [0.1, 0.15) is 5.82 Å². The average Bonchev–Trinajstić information content (AvgIpc) is 2.41. The highest BCUT2D eigenvalue weighted by Crippen LogP contribution is 2.19. The number of rotatable bonds is 3. The van der Waals surface area contributed by atoms with Gasteiger partial charge >= 0.3 is 5.97 Å². The molecule has 6 heteroatoms. The molecule has 0 spiro atoms. The van der Waals surface area contributed by atoms with E-state index >= 15 is 0 Å². The van der Waals surface area contributed by atoms with Crippen molar-refractivity contribution < 1.29 is 14.7 Å². The molecule has 1 aromatic heterocycles. The minimum absolute atomic E-state index is 0.135. The molecule has 1 heterocycles. The summed E-state index contributed by atoms with van der Waals surface area (Å²) in [6.45, 7) is 0. The Bertz CT molecular complexity index is 626. The highest BCUT2D eigenvalue weighted by molar-refractivity contribution is 9.10. The second-order valence-electron chi connectivity index (χ2n) is 3.67. The Hall–Kier alpha value is -2.21. The van der Waals surface area contributed by atoms with E-state index in [1.54, 1.807) is 18.3 Å². The molecule has 19 heavy (non-hydrogen) atoms. The van der Waals surface area contributed by atoms with Crippen LogP contribution in [0.2, 0.25) is 0 Å². The van der Waals surface area contributed by atoms with Crippen molar-refractivity contribution in [3.05, 3.63) is 58.2 Å².